The van der Waals surface area contributed by atoms with Crippen molar-refractivity contribution in [3.8, 4) is 0 Å². The Balaban J connectivity index is 1.69. The topological polar surface area (TPSA) is 136 Å². The van der Waals surface area contributed by atoms with Gasteiger partial charge in [0.25, 0.3) is 0 Å². The number of thioether (sulfide) groups is 1. The molecule has 0 bridgehead atoms. The summed E-state index contributed by atoms with van der Waals surface area (Å²) >= 11 is 1.17. The van der Waals surface area contributed by atoms with Crippen LogP contribution in [0.2, 0.25) is 0 Å². The Kier molecular flexibility index (Phi) is 7.22. The SMILES string of the molecule is CCCn1c(SCC(=O)NC(=O)Nc2ccc(C)cc2C)nc2cc(S(N)(=O)=O)ccc21. The van der Waals surface area contributed by atoms with Crippen molar-refractivity contribution in [2.45, 2.75) is 43.8 Å². The number of hydrogen-bond donors (Lipinski definition) is 3. The molecule has 3 rings (SSSR count). The average Bonchev–Trinajstić information content (AvgIpc) is 3.05. The first-order valence-electron chi connectivity index (χ1n) is 9.92. The van der Waals surface area contributed by atoms with E-state index in [1.54, 1.807) is 12.1 Å². The number of sulfonamides is 1. The summed E-state index contributed by atoms with van der Waals surface area (Å²) in [6.07, 6.45) is 0.820. The molecule has 0 fully saturated rings. The van der Waals surface area contributed by atoms with Crippen molar-refractivity contribution >= 4 is 50.4 Å². The molecule has 32 heavy (non-hydrogen) atoms. The Morgan fingerprint density at radius 1 is 1.16 bits per heavy atom. The average molecular weight is 476 g/mol. The highest BCUT2D eigenvalue weighted by atomic mass is 32.2. The van der Waals surface area contributed by atoms with Gasteiger partial charge >= 0.3 is 6.03 Å². The number of hydrogen-bond acceptors (Lipinski definition) is 6. The van der Waals surface area contributed by atoms with Crippen molar-refractivity contribution in [2.24, 2.45) is 5.14 Å². The van der Waals surface area contributed by atoms with Gasteiger partial charge in [-0.15, -0.1) is 0 Å². The van der Waals surface area contributed by atoms with E-state index in [4.69, 9.17) is 5.14 Å². The highest BCUT2D eigenvalue weighted by Gasteiger charge is 2.17. The number of carbonyl (C=O) groups is 2. The predicted octanol–water partition coefficient (Wildman–Crippen LogP) is 3.15. The zero-order chi connectivity index (χ0) is 23.5. The lowest BCUT2D eigenvalue weighted by Crippen LogP contribution is -2.35. The summed E-state index contributed by atoms with van der Waals surface area (Å²) in [5.74, 6) is -0.507. The Labute approximate surface area is 190 Å². The Bertz CT molecular complexity index is 1280. The summed E-state index contributed by atoms with van der Waals surface area (Å²) in [5, 5.41) is 10.7. The van der Waals surface area contributed by atoms with Crippen LogP contribution in [0.15, 0.2) is 46.5 Å². The molecule has 0 radical (unpaired) electrons. The van der Waals surface area contributed by atoms with Crippen molar-refractivity contribution in [2.75, 3.05) is 11.1 Å². The fourth-order valence-electron chi connectivity index (χ4n) is 3.21. The number of primary sulfonamides is 1. The number of imidazole rings is 1. The van der Waals surface area contributed by atoms with Crippen LogP contribution in [0.4, 0.5) is 10.5 Å². The molecule has 9 nitrogen and oxygen atoms in total. The normalized spacial score (nSPS) is 11.5. The van der Waals surface area contributed by atoms with Crippen LogP contribution in [0.3, 0.4) is 0 Å². The van der Waals surface area contributed by atoms with Gasteiger partial charge in [0, 0.05) is 12.2 Å². The van der Waals surface area contributed by atoms with Crippen LogP contribution >= 0.6 is 11.8 Å². The molecule has 1 aromatic heterocycles. The second kappa shape index (κ2) is 9.72. The van der Waals surface area contributed by atoms with E-state index >= 15 is 0 Å². The summed E-state index contributed by atoms with van der Waals surface area (Å²) in [5.41, 5.74) is 3.82. The summed E-state index contributed by atoms with van der Waals surface area (Å²) < 4.78 is 25.2. The number of rotatable bonds is 7. The quantitative estimate of drug-likeness (QED) is 0.449. The number of aryl methyl sites for hydroxylation is 3. The molecule has 11 heteroatoms. The van der Waals surface area contributed by atoms with E-state index in [2.05, 4.69) is 15.6 Å². The summed E-state index contributed by atoms with van der Waals surface area (Å²) in [7, 11) is -3.85. The fourth-order valence-corrected chi connectivity index (χ4v) is 4.59. The van der Waals surface area contributed by atoms with Crippen LogP contribution < -0.4 is 15.8 Å². The molecule has 0 aliphatic heterocycles. The van der Waals surface area contributed by atoms with Crippen molar-refractivity contribution in [3.63, 3.8) is 0 Å². The van der Waals surface area contributed by atoms with Gasteiger partial charge in [-0.2, -0.15) is 0 Å². The number of fused-ring (bicyclic) bond motifs is 1. The van der Waals surface area contributed by atoms with Gasteiger partial charge in [0.15, 0.2) is 5.16 Å². The van der Waals surface area contributed by atoms with Gasteiger partial charge in [-0.25, -0.2) is 23.3 Å². The van der Waals surface area contributed by atoms with Crippen molar-refractivity contribution < 1.29 is 18.0 Å². The molecule has 0 unspecified atom stereocenters. The third kappa shape index (κ3) is 5.67. The van der Waals surface area contributed by atoms with Gasteiger partial charge in [0.05, 0.1) is 21.7 Å². The monoisotopic (exact) mass is 475 g/mol. The first kappa shape index (κ1) is 23.8. The minimum atomic E-state index is -3.85. The number of nitrogens with zero attached hydrogens (tertiary/aromatic N) is 2. The maximum atomic E-state index is 12.3. The zero-order valence-corrected chi connectivity index (χ0v) is 19.6. The van der Waals surface area contributed by atoms with Crippen molar-refractivity contribution in [1.29, 1.82) is 0 Å². The largest absolute Gasteiger partial charge is 0.325 e. The van der Waals surface area contributed by atoms with Crippen molar-refractivity contribution in [1.82, 2.24) is 14.9 Å². The molecule has 0 atom stereocenters. The maximum absolute atomic E-state index is 12.3. The van der Waals surface area contributed by atoms with Crippen molar-refractivity contribution in [3.05, 3.63) is 47.5 Å². The number of benzene rings is 2. The number of carbonyl (C=O) groups excluding carboxylic acids is 2. The van der Waals surface area contributed by atoms with E-state index in [-0.39, 0.29) is 10.6 Å². The Morgan fingerprint density at radius 2 is 1.91 bits per heavy atom. The van der Waals surface area contributed by atoms with Gasteiger partial charge in [-0.1, -0.05) is 36.4 Å². The number of anilines is 1. The molecule has 170 valence electrons. The smallest absolute Gasteiger partial charge is 0.319 e. The van der Waals surface area contributed by atoms with E-state index in [9.17, 15) is 18.0 Å². The number of amides is 3. The molecule has 4 N–H and O–H groups in total. The molecule has 0 saturated carbocycles. The minimum Gasteiger partial charge on any atom is -0.319 e. The van der Waals surface area contributed by atoms with E-state index in [0.717, 1.165) is 23.1 Å². The van der Waals surface area contributed by atoms with Crippen LogP contribution in [-0.2, 0) is 21.4 Å². The van der Waals surface area contributed by atoms with E-state index < -0.39 is 22.0 Å². The first-order chi connectivity index (χ1) is 15.1. The molecular weight excluding hydrogens is 450 g/mol. The van der Waals surface area contributed by atoms with E-state index in [1.807, 2.05) is 37.5 Å². The maximum Gasteiger partial charge on any atom is 0.325 e. The molecule has 3 amide bonds. The highest BCUT2D eigenvalue weighted by Crippen LogP contribution is 2.26. The Morgan fingerprint density at radius 3 is 2.56 bits per heavy atom. The lowest BCUT2D eigenvalue weighted by atomic mass is 10.1. The molecular formula is C21H25N5O4S2. The fraction of sp³-hybridized carbons (Fsp3) is 0.286. The molecule has 3 aromatic rings. The Hall–Kier alpha value is -2.89. The third-order valence-electron chi connectivity index (χ3n) is 4.68. The van der Waals surface area contributed by atoms with Crippen LogP contribution in [0, 0.1) is 13.8 Å². The molecule has 2 aromatic carbocycles. The second-order valence-electron chi connectivity index (χ2n) is 7.35. The van der Waals surface area contributed by atoms with Crippen LogP contribution in [0.5, 0.6) is 0 Å². The van der Waals surface area contributed by atoms with Gasteiger partial charge < -0.3 is 9.88 Å². The number of nitrogens with two attached hydrogens (primary N) is 1. The molecule has 1 heterocycles. The summed E-state index contributed by atoms with van der Waals surface area (Å²) in [4.78, 5) is 28.9. The number of nitrogens with one attached hydrogen (secondary N) is 2. The summed E-state index contributed by atoms with van der Waals surface area (Å²) in [6, 6.07) is 9.49. The molecule has 0 spiro atoms. The van der Waals surface area contributed by atoms with E-state index in [0.29, 0.717) is 22.9 Å². The van der Waals surface area contributed by atoms with Gasteiger partial charge in [-0.3, -0.25) is 10.1 Å². The number of urea groups is 1. The molecule has 0 aliphatic carbocycles. The zero-order valence-electron chi connectivity index (χ0n) is 18.0. The lowest BCUT2D eigenvalue weighted by Gasteiger charge is -2.10. The number of aromatic nitrogens is 2. The van der Waals surface area contributed by atoms with Gasteiger partial charge in [0.2, 0.25) is 15.9 Å². The lowest BCUT2D eigenvalue weighted by molar-refractivity contribution is -0.117. The second-order valence-corrected chi connectivity index (χ2v) is 9.85. The standard InChI is InChI=1S/C21H25N5O4S2/c1-4-9-26-18-8-6-15(32(22,29)30)11-17(18)24-21(26)31-12-19(27)25-20(28)23-16-7-5-13(2)10-14(16)3/h5-8,10-11H,4,9,12H2,1-3H3,(H2,22,29,30)(H2,23,25,27,28). The highest BCUT2D eigenvalue weighted by molar-refractivity contribution is 7.99. The van der Waals surface area contributed by atoms with Gasteiger partial charge in [-0.05, 0) is 50.1 Å². The molecule has 0 saturated heterocycles. The first-order valence-corrected chi connectivity index (χ1v) is 12.5. The predicted molar refractivity (Wildman–Crippen MR) is 125 cm³/mol. The number of imide groups is 1. The third-order valence-corrected chi connectivity index (χ3v) is 6.56. The minimum absolute atomic E-state index is 0.0245. The van der Waals surface area contributed by atoms with Gasteiger partial charge in [0.1, 0.15) is 0 Å². The van der Waals surface area contributed by atoms with Crippen LogP contribution in [0.25, 0.3) is 11.0 Å². The summed E-state index contributed by atoms with van der Waals surface area (Å²) in [6.45, 7) is 6.48. The van der Waals surface area contributed by atoms with E-state index in [1.165, 1.54) is 23.9 Å². The van der Waals surface area contributed by atoms with Crippen LogP contribution in [0.1, 0.15) is 24.5 Å². The molecule has 0 aliphatic rings. The van der Waals surface area contributed by atoms with Crippen LogP contribution in [-0.4, -0.2) is 35.7 Å².